The van der Waals surface area contributed by atoms with Crippen molar-refractivity contribution in [3.63, 3.8) is 0 Å². The van der Waals surface area contributed by atoms with Gasteiger partial charge in [0.25, 0.3) is 0 Å². The van der Waals surface area contributed by atoms with Crippen molar-refractivity contribution in [1.29, 1.82) is 0 Å². The molecule has 6 nitrogen and oxygen atoms in total. The summed E-state index contributed by atoms with van der Waals surface area (Å²) < 4.78 is 30.9. The summed E-state index contributed by atoms with van der Waals surface area (Å²) in [6.45, 7) is 5.78. The maximum Gasteiger partial charge on any atom is 0.122 e. The van der Waals surface area contributed by atoms with Crippen LogP contribution in [0, 0.1) is 0 Å². The molecule has 0 amide bonds. The van der Waals surface area contributed by atoms with Gasteiger partial charge in [-0.3, -0.25) is 0 Å². The largest absolute Gasteiger partial charge is 0.318 e. The van der Waals surface area contributed by atoms with Gasteiger partial charge in [0.2, 0.25) is 0 Å². The smallest absolute Gasteiger partial charge is 0.122 e. The monoisotopic (exact) mass is 264 g/mol. The van der Waals surface area contributed by atoms with E-state index in [1.165, 1.54) is 21.2 Å². The molecule has 0 aromatic carbocycles. The molecule has 0 bridgehead atoms. The minimum Gasteiger partial charge on any atom is -0.318 e. The van der Waals surface area contributed by atoms with Gasteiger partial charge in [-0.25, -0.2) is 0 Å². The fourth-order valence-corrected chi connectivity index (χ4v) is 1.25. The Bertz CT molecular complexity index is 228. The first kappa shape index (κ1) is 11.6. The molecule has 0 spiro atoms. The summed E-state index contributed by atoms with van der Waals surface area (Å²) in [7, 11) is 3.70. The number of likely N-dealkylation sites (N-methyl/N-ethyl adjacent to an activating group) is 2. The minimum absolute atomic E-state index is 0.470. The average Bonchev–Trinajstić information content (AvgIpc) is 2.52. The summed E-state index contributed by atoms with van der Waals surface area (Å²) in [6, 6.07) is 0. The van der Waals surface area contributed by atoms with Gasteiger partial charge in [0.1, 0.15) is 5.65 Å². The van der Waals surface area contributed by atoms with Crippen LogP contribution < -0.4 is 31.9 Å². The van der Waals surface area contributed by atoms with Crippen LogP contribution in [0.3, 0.4) is 0 Å². The van der Waals surface area contributed by atoms with Crippen LogP contribution in [-0.2, 0) is 0 Å². The zero-order chi connectivity index (χ0) is 16.8. The first-order valence-electron chi connectivity index (χ1n) is 8.53. The number of nitrogens with one attached hydrogen (secondary N) is 6. The lowest BCUT2D eigenvalue weighted by atomic mass is 10.5. The molecule has 0 unspecified atom stereocenters. The molecule has 18 heavy (non-hydrogen) atoms. The van der Waals surface area contributed by atoms with E-state index in [0.717, 1.165) is 13.1 Å². The van der Waals surface area contributed by atoms with Crippen LogP contribution in [0.15, 0.2) is 0 Å². The molecule has 0 saturated carbocycles. The second-order valence-corrected chi connectivity index (χ2v) is 3.89. The van der Waals surface area contributed by atoms with Crippen molar-refractivity contribution in [1.82, 2.24) is 31.9 Å². The normalized spacial score (nSPS) is 15.2. The highest BCUT2D eigenvalue weighted by Gasteiger charge is 1.89. The molecule has 110 valence electrons. The lowest BCUT2D eigenvalue weighted by Crippen LogP contribution is -2.36. The number of hydrogen-bond acceptors (Lipinski definition) is 6. The van der Waals surface area contributed by atoms with E-state index >= 15 is 0 Å². The Labute approximate surface area is 118 Å². The van der Waals surface area contributed by atoms with Crippen LogP contribution in [0.4, 0.5) is 0 Å². The first-order valence-corrected chi connectivity index (χ1v) is 6.74. The number of rotatable bonds is 15. The van der Waals surface area contributed by atoms with Gasteiger partial charge < -0.3 is 31.9 Å². The molecule has 0 aliphatic heterocycles. The molecule has 0 aliphatic carbocycles. The molecule has 0 aromatic heterocycles. The van der Waals surface area contributed by atoms with Crippen LogP contribution in [0.5, 0.6) is 0 Å². The van der Waals surface area contributed by atoms with Crippen LogP contribution in [-0.4, -0.2) is 79.5 Å². The molecule has 0 aliphatic rings. The highest BCUT2D eigenvalue weighted by molar-refractivity contribution is 4.57. The quantitative estimate of drug-likeness (QED) is 0.201. The lowest BCUT2D eigenvalue weighted by Gasteiger charge is -2.08. The molecule has 0 heterocycles. The van der Waals surface area contributed by atoms with Gasteiger partial charge >= 0.3 is 0 Å². The maximum atomic E-state index is 7.79. The van der Waals surface area contributed by atoms with Crippen molar-refractivity contribution in [2.24, 2.45) is 0 Å². The van der Waals surface area contributed by atoms with Crippen molar-refractivity contribution < 1.29 is 5.65 Å². The maximum absolute atomic E-state index is 7.79. The molecule has 0 radical (unpaired) electrons. The van der Waals surface area contributed by atoms with E-state index in [9.17, 15) is 0 Å². The Morgan fingerprint density at radius 1 is 0.500 bits per heavy atom. The summed E-state index contributed by atoms with van der Waals surface area (Å²) >= 11 is 0. The van der Waals surface area contributed by atoms with Crippen LogP contribution >= 0.6 is 0 Å². The molecular weight excluding hydrogens is 228 g/mol. The molecule has 0 fully saturated rings. The summed E-state index contributed by atoms with van der Waals surface area (Å²) in [4.78, 5) is 0. The third-order valence-corrected chi connectivity index (χ3v) is 2.29. The van der Waals surface area contributed by atoms with Crippen LogP contribution in [0.1, 0.15) is 0 Å². The fourth-order valence-electron chi connectivity index (χ4n) is 1.25. The van der Waals surface area contributed by atoms with Gasteiger partial charge in [0.15, 0.2) is 0 Å². The van der Waals surface area contributed by atoms with Gasteiger partial charge in [-0.05, 0) is 14.1 Å². The first-order chi connectivity index (χ1) is 10.5. The van der Waals surface area contributed by atoms with E-state index in [-0.39, 0.29) is 0 Å². The Kier molecular flexibility index (Phi) is 10.8. The van der Waals surface area contributed by atoms with E-state index in [4.69, 9.17) is 5.65 Å². The Balaban J connectivity index is 3.61. The minimum atomic E-state index is 0.470. The predicted octanol–water partition coefficient (Wildman–Crippen LogP) is -2.22. The highest BCUT2D eigenvalue weighted by Crippen LogP contribution is 1.63. The fraction of sp³-hybridized carbons (Fsp3) is 1.00. The second kappa shape index (κ2) is 16.8. The Morgan fingerprint density at radius 2 is 0.722 bits per heavy atom. The van der Waals surface area contributed by atoms with Crippen LogP contribution in [0.25, 0.3) is 0 Å². The van der Waals surface area contributed by atoms with Crippen molar-refractivity contribution in [3.8, 4) is 0 Å². The summed E-state index contributed by atoms with van der Waals surface area (Å²) in [6.07, 6.45) is 0. The zero-order valence-corrected chi connectivity index (χ0v) is 11.9. The van der Waals surface area contributed by atoms with Crippen molar-refractivity contribution in [2.75, 3.05) is 79.5 Å². The van der Waals surface area contributed by atoms with Gasteiger partial charge in [0.05, 0.1) is 0 Å². The molecular formula is C12H32N6. The molecule has 6 N–H and O–H groups in total. The van der Waals surface area contributed by atoms with E-state index in [2.05, 4.69) is 10.6 Å². The third kappa shape index (κ3) is 15.8. The second-order valence-electron chi connectivity index (χ2n) is 3.89. The standard InChI is InChI=1S/C12H32N6/c1-13-3-5-15-7-9-17-11-12-18-10-8-16-6-4-14-2/h13-18H,3-12H2,1-2H3/i/hD4. The summed E-state index contributed by atoms with van der Waals surface area (Å²) in [5.74, 6) is 0. The highest BCUT2D eigenvalue weighted by atomic mass is 15.0. The third-order valence-electron chi connectivity index (χ3n) is 2.29. The summed E-state index contributed by atoms with van der Waals surface area (Å²) in [5, 5.41) is 11.6. The van der Waals surface area contributed by atoms with E-state index in [1.807, 2.05) is 14.1 Å². The van der Waals surface area contributed by atoms with Crippen molar-refractivity contribution in [3.05, 3.63) is 0 Å². The van der Waals surface area contributed by atoms with Gasteiger partial charge in [-0.2, -0.15) is 0 Å². The van der Waals surface area contributed by atoms with Crippen molar-refractivity contribution in [2.45, 2.75) is 0 Å². The van der Waals surface area contributed by atoms with Gasteiger partial charge in [0, 0.05) is 65.4 Å². The average molecular weight is 264 g/mol. The lowest BCUT2D eigenvalue weighted by molar-refractivity contribution is 0.560. The SMILES string of the molecule is [2H]N(CCNC)CCN([2H])CCN([2H])CCN([2H])CCNC. The Hall–Kier alpha value is -0.240. The van der Waals surface area contributed by atoms with Crippen molar-refractivity contribution >= 4 is 0 Å². The molecule has 0 saturated heterocycles. The molecule has 0 rings (SSSR count). The zero-order valence-electron chi connectivity index (χ0n) is 15.9. The Morgan fingerprint density at radius 3 is 0.944 bits per heavy atom. The predicted molar refractivity (Wildman–Crippen MR) is 79.3 cm³/mol. The molecule has 0 atom stereocenters. The van der Waals surface area contributed by atoms with Crippen LogP contribution in [0.2, 0.25) is 5.65 Å². The topological polar surface area (TPSA) is 72.2 Å². The molecule has 6 heteroatoms. The van der Waals surface area contributed by atoms with Gasteiger partial charge in [-0.15, -0.1) is 0 Å². The summed E-state index contributed by atoms with van der Waals surface area (Å²) in [5.41, 5.74) is 0. The number of hydrogen-bond donors (Lipinski definition) is 6. The van der Waals surface area contributed by atoms with E-state index < -0.39 is 0 Å². The molecule has 0 aromatic rings. The van der Waals surface area contributed by atoms with E-state index in [0.29, 0.717) is 52.4 Å². The van der Waals surface area contributed by atoms with E-state index in [1.54, 1.807) is 0 Å². The van der Waals surface area contributed by atoms with Gasteiger partial charge in [-0.1, -0.05) is 0 Å².